The number of hydrogen-bond donors (Lipinski definition) is 0. The van der Waals surface area contributed by atoms with Gasteiger partial charge in [0.05, 0.1) is 0 Å². The Labute approximate surface area is 171 Å². The summed E-state index contributed by atoms with van der Waals surface area (Å²) in [6.07, 6.45) is 3.68. The maximum absolute atomic E-state index is 12.4. The van der Waals surface area contributed by atoms with Gasteiger partial charge in [0, 0.05) is 27.5 Å². The average molecular weight is 384 g/mol. The smallest absolute Gasteiger partial charge is 0.338 e. The van der Waals surface area contributed by atoms with E-state index in [0.29, 0.717) is 11.3 Å². The van der Waals surface area contributed by atoms with E-state index in [0.717, 1.165) is 51.8 Å². The number of carbonyl (C=O) groups is 1. The number of benzene rings is 3. The normalized spacial score (nSPS) is 12.9. The molecule has 1 aliphatic rings. The molecule has 0 unspecified atom stereocenters. The fourth-order valence-corrected chi connectivity index (χ4v) is 3.69. The molecule has 0 fully saturated rings. The summed E-state index contributed by atoms with van der Waals surface area (Å²) >= 11 is 0. The molecule has 0 N–H and O–H groups in total. The number of allylic oxidation sites excluding steroid dienone is 2. The van der Waals surface area contributed by atoms with Crippen molar-refractivity contribution in [2.24, 2.45) is 0 Å². The summed E-state index contributed by atoms with van der Waals surface area (Å²) in [6.45, 7) is 9.55. The number of esters is 1. The van der Waals surface area contributed by atoms with E-state index >= 15 is 0 Å². The van der Waals surface area contributed by atoms with Crippen molar-refractivity contribution in [2.45, 2.75) is 33.6 Å². The fraction of sp³-hybridized carbons (Fsp3) is 0.192. The highest BCUT2D eigenvalue weighted by atomic mass is 16.5. The molecular weight excluding hydrogens is 360 g/mol. The fourth-order valence-electron chi connectivity index (χ4n) is 3.69. The Morgan fingerprint density at radius 1 is 0.966 bits per heavy atom. The van der Waals surface area contributed by atoms with Crippen LogP contribution in [0.2, 0.25) is 0 Å². The van der Waals surface area contributed by atoms with Gasteiger partial charge in [0.2, 0.25) is 0 Å². The Morgan fingerprint density at radius 2 is 1.72 bits per heavy atom. The van der Waals surface area contributed by atoms with Crippen LogP contribution in [-0.2, 0) is 17.6 Å². The first-order valence-corrected chi connectivity index (χ1v) is 9.78. The molecule has 0 heterocycles. The summed E-state index contributed by atoms with van der Waals surface area (Å²) in [5, 5.41) is 1.83. The van der Waals surface area contributed by atoms with Crippen LogP contribution in [0.25, 0.3) is 10.8 Å². The van der Waals surface area contributed by atoms with Crippen LogP contribution in [0, 0.1) is 6.92 Å². The van der Waals surface area contributed by atoms with E-state index in [1.807, 2.05) is 42.5 Å². The Balaban J connectivity index is 1.99. The summed E-state index contributed by atoms with van der Waals surface area (Å²) in [4.78, 5) is 12.4. The van der Waals surface area contributed by atoms with Crippen LogP contribution in [-0.4, -0.2) is 5.97 Å². The van der Waals surface area contributed by atoms with Crippen LogP contribution in [0.1, 0.15) is 30.5 Å². The molecule has 0 atom stereocenters. The maximum Gasteiger partial charge on any atom is 0.338 e. The number of rotatable bonds is 4. The van der Waals surface area contributed by atoms with Crippen LogP contribution < -0.4 is 9.47 Å². The zero-order valence-electron chi connectivity index (χ0n) is 17.0. The van der Waals surface area contributed by atoms with Crippen LogP contribution in [0.3, 0.4) is 0 Å². The van der Waals surface area contributed by atoms with Gasteiger partial charge in [0.25, 0.3) is 0 Å². The van der Waals surface area contributed by atoms with Crippen LogP contribution in [0.15, 0.2) is 72.3 Å². The Morgan fingerprint density at radius 3 is 2.45 bits per heavy atom. The van der Waals surface area contributed by atoms with E-state index in [-0.39, 0.29) is 0 Å². The predicted molar refractivity (Wildman–Crippen MR) is 117 cm³/mol. The van der Waals surface area contributed by atoms with E-state index < -0.39 is 5.97 Å². The molecule has 146 valence electrons. The summed E-state index contributed by atoms with van der Waals surface area (Å²) in [5.74, 6) is 1.84. The van der Waals surface area contributed by atoms with Crippen molar-refractivity contribution in [1.29, 1.82) is 0 Å². The Hall–Kier alpha value is -3.33. The molecule has 0 amide bonds. The third-order valence-corrected chi connectivity index (χ3v) is 5.19. The van der Waals surface area contributed by atoms with Crippen molar-refractivity contribution in [1.82, 2.24) is 0 Å². The first kappa shape index (κ1) is 19.0. The van der Waals surface area contributed by atoms with Gasteiger partial charge in [-0.05, 0) is 51.8 Å². The lowest BCUT2D eigenvalue weighted by Crippen LogP contribution is -2.13. The van der Waals surface area contributed by atoms with Gasteiger partial charge in [0.1, 0.15) is 17.2 Å². The molecule has 0 bridgehead atoms. The maximum atomic E-state index is 12.4. The first-order chi connectivity index (χ1) is 13.9. The van der Waals surface area contributed by atoms with Crippen molar-refractivity contribution in [3.8, 4) is 17.2 Å². The van der Waals surface area contributed by atoms with Crippen molar-refractivity contribution >= 4 is 16.7 Å². The number of aryl methyl sites for hydroxylation is 1. The van der Waals surface area contributed by atoms with Crippen LogP contribution in [0.5, 0.6) is 17.2 Å². The van der Waals surface area contributed by atoms with Gasteiger partial charge in [-0.1, -0.05) is 54.1 Å². The van der Waals surface area contributed by atoms with Gasteiger partial charge in [-0.15, -0.1) is 0 Å². The topological polar surface area (TPSA) is 35.5 Å². The summed E-state index contributed by atoms with van der Waals surface area (Å²) in [5.41, 5.74) is 4.84. The molecule has 0 saturated carbocycles. The van der Waals surface area contributed by atoms with Crippen molar-refractivity contribution < 1.29 is 14.3 Å². The average Bonchev–Trinajstić information content (AvgIpc) is 2.71. The lowest BCUT2D eigenvalue weighted by Gasteiger charge is -2.24. The largest absolute Gasteiger partial charge is 0.456 e. The van der Waals surface area contributed by atoms with E-state index in [2.05, 4.69) is 32.6 Å². The van der Waals surface area contributed by atoms with Gasteiger partial charge in [-0.25, -0.2) is 4.79 Å². The zero-order valence-corrected chi connectivity index (χ0v) is 17.0. The third-order valence-electron chi connectivity index (χ3n) is 5.19. The highest BCUT2D eigenvalue weighted by molar-refractivity contribution is 6.00. The molecular formula is C26H24O3. The van der Waals surface area contributed by atoms with Gasteiger partial charge < -0.3 is 9.47 Å². The van der Waals surface area contributed by atoms with Crippen LogP contribution >= 0.6 is 0 Å². The van der Waals surface area contributed by atoms with Gasteiger partial charge in [-0.3, -0.25) is 0 Å². The SMILES string of the molecule is C=C(C)C(=O)Oc1c2c(c(Oc3ccccc3)c3cc(C)ccc13)CC=C(C)C2. The second kappa shape index (κ2) is 7.59. The molecule has 3 aromatic carbocycles. The lowest BCUT2D eigenvalue weighted by atomic mass is 9.87. The molecule has 29 heavy (non-hydrogen) atoms. The number of fused-ring (bicyclic) bond motifs is 2. The van der Waals surface area contributed by atoms with Crippen molar-refractivity contribution in [3.63, 3.8) is 0 Å². The molecule has 0 radical (unpaired) electrons. The van der Waals surface area contributed by atoms with Gasteiger partial charge >= 0.3 is 5.97 Å². The van der Waals surface area contributed by atoms with E-state index in [9.17, 15) is 4.79 Å². The minimum atomic E-state index is -0.405. The van der Waals surface area contributed by atoms with Crippen molar-refractivity contribution in [2.75, 3.05) is 0 Å². The summed E-state index contributed by atoms with van der Waals surface area (Å²) in [6, 6.07) is 15.9. The molecule has 0 aromatic heterocycles. The highest BCUT2D eigenvalue weighted by Crippen LogP contribution is 2.45. The Kier molecular flexibility index (Phi) is 4.98. The summed E-state index contributed by atoms with van der Waals surface area (Å²) < 4.78 is 12.3. The minimum absolute atomic E-state index is 0.381. The second-order valence-corrected chi connectivity index (χ2v) is 7.68. The number of para-hydroxylation sites is 1. The molecule has 3 nitrogen and oxygen atoms in total. The standard InChI is InChI=1S/C26H24O3/c1-16(2)26(27)29-25-21-13-11-17(3)14-22(21)24(28-19-8-6-5-7-9-19)20-12-10-18(4)15-23(20)25/h5-11,13-14H,1,12,15H2,2-4H3. The zero-order chi connectivity index (χ0) is 20.5. The second-order valence-electron chi connectivity index (χ2n) is 7.68. The monoisotopic (exact) mass is 384 g/mol. The molecule has 3 heteroatoms. The lowest BCUT2D eigenvalue weighted by molar-refractivity contribution is -0.130. The molecule has 1 aliphatic carbocycles. The quantitative estimate of drug-likeness (QED) is 0.224. The van der Waals surface area contributed by atoms with Crippen LogP contribution in [0.4, 0.5) is 0 Å². The molecule has 3 aromatic rings. The van der Waals surface area contributed by atoms with E-state index in [1.165, 1.54) is 5.57 Å². The molecule has 0 saturated heterocycles. The Bertz CT molecular complexity index is 1150. The minimum Gasteiger partial charge on any atom is -0.456 e. The van der Waals surface area contributed by atoms with E-state index in [4.69, 9.17) is 9.47 Å². The number of ether oxygens (including phenoxy) is 2. The molecule has 4 rings (SSSR count). The predicted octanol–water partition coefficient (Wildman–Crippen LogP) is 6.47. The van der Waals surface area contributed by atoms with Gasteiger partial charge in [0.15, 0.2) is 0 Å². The van der Waals surface area contributed by atoms with E-state index in [1.54, 1.807) is 6.92 Å². The molecule has 0 aliphatic heterocycles. The number of carbonyl (C=O) groups excluding carboxylic acids is 1. The summed E-state index contributed by atoms with van der Waals surface area (Å²) in [7, 11) is 0. The first-order valence-electron chi connectivity index (χ1n) is 9.78. The molecule has 0 spiro atoms. The number of hydrogen-bond acceptors (Lipinski definition) is 3. The third kappa shape index (κ3) is 3.68. The van der Waals surface area contributed by atoms with Gasteiger partial charge in [-0.2, -0.15) is 0 Å². The van der Waals surface area contributed by atoms with Crippen molar-refractivity contribution in [3.05, 3.63) is 89.0 Å². The highest BCUT2D eigenvalue weighted by Gasteiger charge is 2.25.